The minimum absolute atomic E-state index is 0.00545. The van der Waals surface area contributed by atoms with Gasteiger partial charge in [0, 0.05) is 5.56 Å². The minimum atomic E-state index is -0.616. The first kappa shape index (κ1) is 13.4. The summed E-state index contributed by atoms with van der Waals surface area (Å²) in [5.41, 5.74) is 1.11. The standard InChI is InChI=1S/C11H5Cl4FS/c12-8-4-6(11(15)17-8)9(13)5-2-1-3-7(16)10(5)14/h1-4,9H. The molecule has 0 aliphatic rings. The van der Waals surface area contributed by atoms with Gasteiger partial charge in [-0.2, -0.15) is 0 Å². The minimum Gasteiger partial charge on any atom is -0.205 e. The largest absolute Gasteiger partial charge is 0.205 e. The summed E-state index contributed by atoms with van der Waals surface area (Å²) in [5, 5.41) is -0.611. The van der Waals surface area contributed by atoms with Crippen molar-refractivity contribution in [2.24, 2.45) is 0 Å². The van der Waals surface area contributed by atoms with Crippen LogP contribution in [0.15, 0.2) is 24.3 Å². The van der Waals surface area contributed by atoms with Crippen molar-refractivity contribution in [1.82, 2.24) is 0 Å². The van der Waals surface area contributed by atoms with E-state index in [0.717, 1.165) is 0 Å². The van der Waals surface area contributed by atoms with Crippen LogP contribution in [0, 0.1) is 5.82 Å². The number of thiophene rings is 1. The molecule has 1 aromatic carbocycles. The van der Waals surface area contributed by atoms with Gasteiger partial charge in [-0.05, 0) is 17.7 Å². The summed E-state index contributed by atoms with van der Waals surface area (Å²) in [4.78, 5) is 0. The van der Waals surface area contributed by atoms with Crippen LogP contribution in [0.4, 0.5) is 4.39 Å². The second-order valence-electron chi connectivity index (χ2n) is 3.29. The Morgan fingerprint density at radius 2 is 1.82 bits per heavy atom. The van der Waals surface area contributed by atoms with Gasteiger partial charge < -0.3 is 0 Å². The summed E-state index contributed by atoms with van der Waals surface area (Å²) in [5.74, 6) is -0.507. The van der Waals surface area contributed by atoms with Crippen molar-refractivity contribution in [3.63, 3.8) is 0 Å². The topological polar surface area (TPSA) is 0 Å². The van der Waals surface area contributed by atoms with Crippen LogP contribution in [-0.2, 0) is 0 Å². The lowest BCUT2D eigenvalue weighted by molar-refractivity contribution is 0.626. The Morgan fingerprint density at radius 3 is 2.41 bits per heavy atom. The molecule has 0 fully saturated rings. The van der Waals surface area contributed by atoms with E-state index in [1.165, 1.54) is 17.4 Å². The molecule has 2 rings (SSSR count). The molecule has 6 heteroatoms. The number of rotatable bonds is 2. The van der Waals surface area contributed by atoms with E-state index >= 15 is 0 Å². The molecule has 0 nitrogen and oxygen atoms in total. The van der Waals surface area contributed by atoms with E-state index in [1.807, 2.05) is 0 Å². The molecule has 0 radical (unpaired) electrons. The zero-order valence-corrected chi connectivity index (χ0v) is 12.0. The summed E-state index contributed by atoms with van der Waals surface area (Å²) in [6.45, 7) is 0. The summed E-state index contributed by atoms with van der Waals surface area (Å²) in [6, 6.07) is 6.14. The normalized spacial score (nSPS) is 12.8. The Labute approximate surface area is 122 Å². The van der Waals surface area contributed by atoms with E-state index in [4.69, 9.17) is 46.4 Å². The monoisotopic (exact) mass is 328 g/mol. The lowest BCUT2D eigenvalue weighted by atomic mass is 10.1. The third-order valence-corrected chi connectivity index (χ3v) is 4.60. The molecule has 0 spiro atoms. The van der Waals surface area contributed by atoms with E-state index < -0.39 is 11.2 Å². The first-order valence-corrected chi connectivity index (χ1v) is 6.92. The molecule has 1 heterocycles. The van der Waals surface area contributed by atoms with E-state index in [0.29, 0.717) is 19.8 Å². The molecule has 0 saturated heterocycles. The number of hydrogen-bond acceptors (Lipinski definition) is 1. The maximum absolute atomic E-state index is 13.3. The predicted octanol–water partition coefficient (Wildman–Crippen LogP) is 6.18. The van der Waals surface area contributed by atoms with Crippen LogP contribution < -0.4 is 0 Å². The first-order chi connectivity index (χ1) is 8.00. The molecule has 0 aliphatic carbocycles. The molecular weight excluding hydrogens is 325 g/mol. The highest BCUT2D eigenvalue weighted by molar-refractivity contribution is 7.20. The molecule has 1 unspecified atom stereocenters. The van der Waals surface area contributed by atoms with Crippen LogP contribution in [0.25, 0.3) is 0 Å². The maximum atomic E-state index is 13.3. The fourth-order valence-corrected chi connectivity index (χ4v) is 3.71. The third kappa shape index (κ3) is 2.72. The smallest absolute Gasteiger partial charge is 0.142 e. The first-order valence-electron chi connectivity index (χ1n) is 4.53. The van der Waals surface area contributed by atoms with Gasteiger partial charge >= 0.3 is 0 Å². The number of halogens is 5. The van der Waals surface area contributed by atoms with E-state index in [2.05, 4.69) is 0 Å². The van der Waals surface area contributed by atoms with Gasteiger partial charge in [-0.25, -0.2) is 4.39 Å². The second-order valence-corrected chi connectivity index (χ2v) is 6.39. The number of hydrogen-bond donors (Lipinski definition) is 0. The second kappa shape index (κ2) is 5.33. The Kier molecular flexibility index (Phi) is 4.22. The Balaban J connectivity index is 2.47. The lowest BCUT2D eigenvalue weighted by Crippen LogP contribution is -1.95. The Bertz CT molecular complexity index is 552. The average Bonchev–Trinajstić information content (AvgIpc) is 2.61. The van der Waals surface area contributed by atoms with E-state index in [-0.39, 0.29) is 5.02 Å². The van der Waals surface area contributed by atoms with Gasteiger partial charge in [0.1, 0.15) is 5.82 Å². The van der Waals surface area contributed by atoms with Gasteiger partial charge in [0.2, 0.25) is 0 Å². The maximum Gasteiger partial charge on any atom is 0.142 e. The van der Waals surface area contributed by atoms with Gasteiger partial charge in [0.15, 0.2) is 0 Å². The summed E-state index contributed by atoms with van der Waals surface area (Å²) >= 11 is 25.1. The van der Waals surface area contributed by atoms with Gasteiger partial charge in [-0.3, -0.25) is 0 Å². The molecule has 0 saturated carbocycles. The van der Waals surface area contributed by atoms with Crippen molar-refractivity contribution in [1.29, 1.82) is 0 Å². The molecule has 90 valence electrons. The molecule has 0 bridgehead atoms. The van der Waals surface area contributed by atoms with Gasteiger partial charge in [-0.1, -0.05) is 46.9 Å². The van der Waals surface area contributed by atoms with Gasteiger partial charge in [0.25, 0.3) is 0 Å². The van der Waals surface area contributed by atoms with Crippen LogP contribution in [-0.4, -0.2) is 0 Å². The fourth-order valence-electron chi connectivity index (χ4n) is 1.41. The molecule has 0 N–H and O–H groups in total. The molecule has 17 heavy (non-hydrogen) atoms. The average molecular weight is 330 g/mol. The van der Waals surface area contributed by atoms with Crippen molar-refractivity contribution in [2.75, 3.05) is 0 Å². The third-order valence-electron chi connectivity index (χ3n) is 2.21. The highest BCUT2D eigenvalue weighted by Crippen LogP contribution is 2.42. The highest BCUT2D eigenvalue weighted by Gasteiger charge is 2.20. The number of alkyl halides is 1. The quantitative estimate of drug-likeness (QED) is 0.577. The molecular formula is C11H5Cl4FS. The van der Waals surface area contributed by atoms with Crippen LogP contribution in [0.2, 0.25) is 13.7 Å². The van der Waals surface area contributed by atoms with Crippen molar-refractivity contribution in [3.05, 3.63) is 54.9 Å². The predicted molar refractivity (Wildman–Crippen MR) is 73.4 cm³/mol. The fraction of sp³-hybridized carbons (Fsp3) is 0.0909. The van der Waals surface area contributed by atoms with Crippen molar-refractivity contribution in [3.8, 4) is 0 Å². The molecule has 2 aromatic rings. The van der Waals surface area contributed by atoms with Crippen LogP contribution >= 0.6 is 57.7 Å². The van der Waals surface area contributed by atoms with E-state index in [9.17, 15) is 4.39 Å². The Hall–Kier alpha value is 0.01000. The highest BCUT2D eigenvalue weighted by atomic mass is 35.5. The van der Waals surface area contributed by atoms with Gasteiger partial charge in [-0.15, -0.1) is 22.9 Å². The van der Waals surface area contributed by atoms with Crippen molar-refractivity contribution < 1.29 is 4.39 Å². The number of benzene rings is 1. The molecule has 1 atom stereocenters. The molecule has 0 aliphatic heterocycles. The summed E-state index contributed by atoms with van der Waals surface area (Å²) < 4.78 is 14.3. The van der Waals surface area contributed by atoms with Crippen molar-refractivity contribution >= 4 is 57.7 Å². The molecule has 0 amide bonds. The van der Waals surface area contributed by atoms with Gasteiger partial charge in [0.05, 0.1) is 19.1 Å². The lowest BCUT2D eigenvalue weighted by Gasteiger charge is -2.11. The van der Waals surface area contributed by atoms with Crippen molar-refractivity contribution in [2.45, 2.75) is 5.38 Å². The molecule has 1 aromatic heterocycles. The van der Waals surface area contributed by atoms with Crippen LogP contribution in [0.3, 0.4) is 0 Å². The van der Waals surface area contributed by atoms with Crippen LogP contribution in [0.5, 0.6) is 0 Å². The van der Waals surface area contributed by atoms with Crippen LogP contribution in [0.1, 0.15) is 16.5 Å². The zero-order chi connectivity index (χ0) is 12.6. The SMILES string of the molecule is Fc1cccc(C(Cl)c2cc(Cl)sc2Cl)c1Cl. The summed E-state index contributed by atoms with van der Waals surface area (Å²) in [7, 11) is 0. The Morgan fingerprint density at radius 1 is 1.12 bits per heavy atom. The zero-order valence-electron chi connectivity index (χ0n) is 8.18. The van der Waals surface area contributed by atoms with E-state index in [1.54, 1.807) is 18.2 Å². The summed E-state index contributed by atoms with van der Waals surface area (Å²) in [6.07, 6.45) is 0.